The van der Waals surface area contributed by atoms with Crippen LogP contribution in [0.4, 0.5) is 0 Å². The summed E-state index contributed by atoms with van der Waals surface area (Å²) in [6, 6.07) is 53.9. The van der Waals surface area contributed by atoms with Crippen molar-refractivity contribution >= 4 is 50.1 Å². The Labute approximate surface area is 768 Å². The number of fused-ring (bicyclic) bond motifs is 10. The van der Waals surface area contributed by atoms with Crippen molar-refractivity contribution < 1.29 is 46.8 Å². The molecule has 5 saturated heterocycles. The highest BCUT2D eigenvalue weighted by Gasteiger charge is 2.59. The number of aromatic nitrogens is 2. The molecule has 0 spiro atoms. The number of rotatable bonds is 18. The maximum atomic E-state index is 13.4. The summed E-state index contributed by atoms with van der Waals surface area (Å²) >= 11 is 0. The topological polar surface area (TPSA) is 214 Å². The first-order chi connectivity index (χ1) is 59.5. The predicted octanol–water partition coefficient (Wildman–Crippen LogP) is 22.5. The molecule has 0 amide bonds. The van der Waals surface area contributed by atoms with Crippen molar-refractivity contribution in [1.82, 2.24) is 31.3 Å². The first-order valence-corrected chi connectivity index (χ1v) is 53.6. The Morgan fingerprint density at radius 3 is 0.961 bits per heavy atom. The molecule has 10 unspecified atom stereocenters. The van der Waals surface area contributed by atoms with Crippen LogP contribution in [0.1, 0.15) is 241 Å². The third-order valence-electron chi connectivity index (χ3n) is 29.7. The highest BCUT2D eigenvalue weighted by molar-refractivity contribution is 7.90. The number of methoxy groups -OCH3 is 1. The number of sulfonamides is 5. The van der Waals surface area contributed by atoms with Crippen LogP contribution in [0.15, 0.2) is 219 Å². The number of ether oxygens (including phenoxy) is 1. The molecular formula is C105H143N7O11S5. The van der Waals surface area contributed by atoms with Crippen LogP contribution in [0.2, 0.25) is 0 Å². The number of nitrogens with zero attached hydrogens (tertiary/aromatic N) is 7. The first kappa shape index (κ1) is 96.9. The monoisotopic (exact) mass is 1840 g/mol. The van der Waals surface area contributed by atoms with E-state index in [1.165, 1.54) is 11.1 Å². The smallest absolute Gasteiger partial charge is 0.243 e. The Morgan fingerprint density at radius 2 is 0.656 bits per heavy atom. The second-order valence-corrected chi connectivity index (χ2v) is 55.2. The minimum absolute atomic E-state index is 0.0918. The normalized spacial score (nSPS) is 28.5. The van der Waals surface area contributed by atoms with Gasteiger partial charge in [0.15, 0.2) is 0 Å². The number of hydrogen-bond acceptors (Lipinski definition) is 12. The molecule has 8 aromatic rings. The van der Waals surface area contributed by atoms with Crippen LogP contribution < -0.4 is 0 Å². The third kappa shape index (κ3) is 21.1. The van der Waals surface area contributed by atoms with Crippen LogP contribution in [0.3, 0.4) is 0 Å². The van der Waals surface area contributed by atoms with Gasteiger partial charge in [0.2, 0.25) is 50.1 Å². The molecule has 6 heterocycles. The van der Waals surface area contributed by atoms with E-state index in [4.69, 9.17) is 4.74 Å². The molecule has 1 aromatic heterocycles. The molecule has 10 atom stereocenters. The van der Waals surface area contributed by atoms with Gasteiger partial charge < -0.3 is 4.74 Å². The van der Waals surface area contributed by atoms with Crippen molar-refractivity contribution in [3.8, 4) is 27.9 Å². The van der Waals surface area contributed by atoms with Crippen molar-refractivity contribution in [3.05, 3.63) is 222 Å². The summed E-state index contributed by atoms with van der Waals surface area (Å²) in [5.41, 5.74) is 12.3. The van der Waals surface area contributed by atoms with E-state index in [1.54, 1.807) is 94.1 Å². The second kappa shape index (κ2) is 35.3. The summed E-state index contributed by atoms with van der Waals surface area (Å²) in [6.07, 6.45) is 21.2. The number of hydrogen-bond donors (Lipinski definition) is 0. The molecule has 5 aliphatic carbocycles. The summed E-state index contributed by atoms with van der Waals surface area (Å²) in [4.78, 5) is 2.09. The van der Waals surface area contributed by atoms with E-state index in [9.17, 15) is 42.1 Å². The fourth-order valence-electron chi connectivity index (χ4n) is 25.8. The highest BCUT2D eigenvalue weighted by Crippen LogP contribution is 2.59. The number of benzene rings is 7. The van der Waals surface area contributed by atoms with Gasteiger partial charge in [0, 0.05) is 81.7 Å². The van der Waals surface area contributed by atoms with Gasteiger partial charge in [-0.25, -0.2) is 46.8 Å². The molecule has 5 aliphatic heterocycles. The van der Waals surface area contributed by atoms with Gasteiger partial charge in [-0.2, -0.15) is 26.6 Å². The number of allylic oxidation sites excluding steroid dienone is 1. The van der Waals surface area contributed by atoms with Crippen LogP contribution in [0.25, 0.3) is 27.9 Å². The average molecular weight is 1840 g/mol. The van der Waals surface area contributed by atoms with E-state index >= 15 is 0 Å². The molecule has 18 nitrogen and oxygen atoms in total. The fourth-order valence-corrected chi connectivity index (χ4v) is 35.0. The molecule has 0 radical (unpaired) electrons. The van der Waals surface area contributed by atoms with Crippen molar-refractivity contribution in [1.29, 1.82) is 0 Å². The quantitative estimate of drug-likeness (QED) is 0.0734. The van der Waals surface area contributed by atoms with Crippen molar-refractivity contribution in [3.63, 3.8) is 0 Å². The minimum atomic E-state index is -3.46. The minimum Gasteiger partial charge on any atom is -0.502 e. The van der Waals surface area contributed by atoms with Gasteiger partial charge in [-0.3, -0.25) is 0 Å². The SMILES string of the molecule is C=C(CCc1ccc(S(=O)(=O)N2CC3(C)CC2CC(C)(C)C3)cc1)OC.CC1(C)CC2CC(C)(CN2S(=O)(=O)c2ccc(-n3cccn3)cc2)C1.CCc1ccc(-c2ccc(S(=O)(=O)N3CC4(C)CC3CC(C)(C)C4)cc2)cc1.Cc1ccc(-c2ccc(S(=O)(=O)N3CC4(C)CC3CC(C)(C)C4)cc2)cc1.Cc1cccc(S(=O)(=O)N2CC3(C)CC2CC(C)(C)C3)c1C. The van der Waals surface area contributed by atoms with Crippen molar-refractivity contribution in [2.75, 3.05) is 39.8 Å². The summed E-state index contributed by atoms with van der Waals surface area (Å²) in [6.45, 7) is 49.0. The van der Waals surface area contributed by atoms with Gasteiger partial charge in [0.25, 0.3) is 0 Å². The largest absolute Gasteiger partial charge is 0.502 e. The third-order valence-corrected chi connectivity index (χ3v) is 39.4. The van der Waals surface area contributed by atoms with Crippen LogP contribution >= 0.6 is 0 Å². The van der Waals surface area contributed by atoms with Crippen molar-refractivity contribution in [2.24, 2.45) is 54.1 Å². The van der Waals surface area contributed by atoms with E-state index in [2.05, 4.69) is 178 Å². The Kier molecular flexibility index (Phi) is 26.7. The van der Waals surface area contributed by atoms with Crippen LogP contribution in [0.5, 0.6) is 0 Å². The molecule has 694 valence electrons. The number of aryl methyl sites for hydroxylation is 4. The van der Waals surface area contributed by atoms with Crippen LogP contribution in [-0.2, 0) is 67.7 Å². The maximum Gasteiger partial charge on any atom is 0.243 e. The molecule has 10 fully saturated rings. The molecule has 10 aliphatic rings. The fraction of sp³-hybridized carbons (Fsp3) is 0.552. The van der Waals surface area contributed by atoms with Crippen molar-refractivity contribution in [2.45, 2.75) is 302 Å². The summed E-state index contributed by atoms with van der Waals surface area (Å²) in [5, 5.41) is 4.18. The summed E-state index contributed by atoms with van der Waals surface area (Å²) in [5.74, 6) is 0.738. The highest BCUT2D eigenvalue weighted by atomic mass is 32.2. The summed E-state index contributed by atoms with van der Waals surface area (Å²) in [7, 11) is -15.6. The standard InChI is InChI=1S/C24H31NO2S.C23H29NO2S.C21H31NO3S.C19H25N3O2S.C18H27NO2S/c1-5-18-6-8-19(9-7-18)20-10-12-22(13-11-20)28(26,27)25-17-24(4)15-21(25)14-23(2,3)16-24;1-17-5-7-18(8-6-17)19-9-11-21(12-10-19)27(25,26)24-16-23(4)14-20(24)13-22(2,3)15-23;1-16(25-5)6-7-17-8-10-19(11-9-17)26(23,24)22-15-21(4)13-18(22)12-20(2,3)14-21;1-18(2)11-16-12-19(3,13-18)14-22(16)25(23,24)17-7-5-15(6-8-17)21-10-4-9-20-21;1-13-7-6-8-16(14(13)2)22(20,21)19-12-18(5)10-15(19)9-17(3,4)11-18/h6-13,21H,5,14-17H2,1-4H3;5-12,20H,13-16H2,1-4H3;8-11,18H,1,6-7,12-15H2,2-5H3;4-10,16H,11-14H2,1-3H3;6-8,15H,9-12H2,1-5H3. The zero-order valence-corrected chi connectivity index (χ0v) is 83.9. The van der Waals surface area contributed by atoms with Gasteiger partial charge in [-0.15, -0.1) is 0 Å². The average Bonchev–Trinajstić information content (AvgIpc) is 1.62. The molecular weight excluding hydrogens is 1700 g/mol. The Bertz CT molecular complexity index is 5960. The Hall–Kier alpha value is -7.16. The van der Waals surface area contributed by atoms with E-state index in [-0.39, 0.29) is 84.4 Å². The lowest BCUT2D eigenvalue weighted by Crippen LogP contribution is -2.38. The second-order valence-electron chi connectivity index (χ2n) is 45.8. The van der Waals surface area contributed by atoms with Gasteiger partial charge in [-0.1, -0.05) is 220 Å². The van der Waals surface area contributed by atoms with E-state index in [0.29, 0.717) is 57.2 Å². The molecule has 7 aromatic carbocycles. The molecule has 0 N–H and O–H groups in total. The van der Waals surface area contributed by atoms with E-state index < -0.39 is 50.1 Å². The Balaban J connectivity index is 0.000000130. The van der Waals surface area contributed by atoms with Gasteiger partial charge in [0.05, 0.1) is 43.0 Å². The summed E-state index contributed by atoms with van der Waals surface area (Å²) < 4.78 is 149. The molecule has 5 saturated carbocycles. The molecule has 18 rings (SSSR count). The van der Waals surface area contributed by atoms with E-state index in [0.717, 1.165) is 166 Å². The Morgan fingerprint density at radius 1 is 0.367 bits per heavy atom. The lowest BCUT2D eigenvalue weighted by atomic mass is 9.65. The van der Waals surface area contributed by atoms with E-state index in [1.807, 2.05) is 86.8 Å². The van der Waals surface area contributed by atoms with Crippen LogP contribution in [0, 0.1) is 74.9 Å². The predicted molar refractivity (Wildman–Crippen MR) is 515 cm³/mol. The first-order valence-electron chi connectivity index (χ1n) is 46.4. The zero-order chi connectivity index (χ0) is 93.0. The van der Waals surface area contributed by atoms with Gasteiger partial charge in [0.1, 0.15) is 0 Å². The molecule has 10 bridgehead atoms. The lowest BCUT2D eigenvalue weighted by Gasteiger charge is -2.39. The van der Waals surface area contributed by atoms with Crippen LogP contribution in [-0.4, -0.2) is 143 Å². The zero-order valence-electron chi connectivity index (χ0n) is 79.8. The molecule has 128 heavy (non-hydrogen) atoms. The maximum absolute atomic E-state index is 13.4. The molecule has 23 heteroatoms. The van der Waals surface area contributed by atoms with Gasteiger partial charge in [-0.05, 0) is 301 Å². The lowest BCUT2D eigenvalue weighted by molar-refractivity contribution is 0.132. The van der Waals surface area contributed by atoms with Gasteiger partial charge >= 0.3 is 0 Å².